The molecule has 2 atom stereocenters. The Kier molecular flexibility index (Phi) is 3.47. The number of esters is 1. The average Bonchev–Trinajstić information content (AvgIpc) is 3.35. The molecule has 6 rings (SSSR count). The predicted molar refractivity (Wildman–Crippen MR) is 107 cm³/mol. The van der Waals surface area contributed by atoms with Crippen molar-refractivity contribution in [1.29, 1.82) is 0 Å². The Morgan fingerprint density at radius 3 is 2.67 bits per heavy atom. The van der Waals surface area contributed by atoms with Gasteiger partial charge < -0.3 is 14.4 Å². The second-order valence-electron chi connectivity index (χ2n) is 8.56. The van der Waals surface area contributed by atoms with E-state index in [0.717, 1.165) is 16.7 Å². The van der Waals surface area contributed by atoms with E-state index in [0.29, 0.717) is 44.1 Å². The van der Waals surface area contributed by atoms with Gasteiger partial charge in [0.15, 0.2) is 5.69 Å². The number of nitrogens with zero attached hydrogens (tertiary/aromatic N) is 3. The first-order valence-corrected chi connectivity index (χ1v) is 10.4. The number of hydrogen-bond donors (Lipinski definition) is 0. The molecule has 1 amide bonds. The smallest absolute Gasteiger partial charge is 0.358 e. The lowest BCUT2D eigenvalue weighted by Crippen LogP contribution is -2.48. The number of pyridine rings is 1. The molecule has 0 saturated carbocycles. The van der Waals surface area contributed by atoms with Crippen molar-refractivity contribution in [3.8, 4) is 0 Å². The van der Waals surface area contributed by atoms with Gasteiger partial charge in [0.25, 0.3) is 11.9 Å². The van der Waals surface area contributed by atoms with Gasteiger partial charge in [-0.05, 0) is 17.2 Å². The quantitative estimate of drug-likeness (QED) is 0.629. The highest BCUT2D eigenvalue weighted by Gasteiger charge is 2.57. The maximum absolute atomic E-state index is 13.0. The van der Waals surface area contributed by atoms with Crippen LogP contribution in [0, 0.1) is 0 Å². The van der Waals surface area contributed by atoms with Gasteiger partial charge in [0, 0.05) is 50.0 Å². The first-order chi connectivity index (χ1) is 14.5. The standard InChI is InChI=1S/C23H21N3O4/c1-14-16-6-3-2-5-15(16)13-23(14)20(28)25-21(30-23)26-11-8-22(9-12-26)17-7-4-10-24-18(17)19(27)29-22/h2-7,10,14H,8-9,11-13H2,1H3. The number of piperidine rings is 1. The predicted octanol–water partition coefficient (Wildman–Crippen LogP) is 2.55. The van der Waals surface area contributed by atoms with E-state index in [2.05, 4.69) is 22.1 Å². The van der Waals surface area contributed by atoms with Crippen LogP contribution in [0.2, 0.25) is 0 Å². The van der Waals surface area contributed by atoms with E-state index in [4.69, 9.17) is 9.47 Å². The molecule has 0 radical (unpaired) electrons. The molecule has 1 saturated heterocycles. The van der Waals surface area contributed by atoms with E-state index in [-0.39, 0.29) is 17.8 Å². The summed E-state index contributed by atoms with van der Waals surface area (Å²) in [5.41, 5.74) is 1.99. The molecule has 7 heteroatoms. The van der Waals surface area contributed by atoms with Crippen LogP contribution in [0.25, 0.3) is 0 Å². The highest BCUT2D eigenvalue weighted by atomic mass is 16.6. The Labute approximate surface area is 173 Å². The van der Waals surface area contributed by atoms with E-state index < -0.39 is 11.2 Å². The molecule has 30 heavy (non-hydrogen) atoms. The van der Waals surface area contributed by atoms with Crippen LogP contribution in [0.5, 0.6) is 0 Å². The summed E-state index contributed by atoms with van der Waals surface area (Å²) < 4.78 is 12.1. The number of carbonyl (C=O) groups excluding carboxylic acids is 2. The maximum Gasteiger partial charge on any atom is 0.358 e. The summed E-state index contributed by atoms with van der Waals surface area (Å²) in [6.07, 6.45) is 3.37. The second-order valence-corrected chi connectivity index (χ2v) is 8.56. The molecule has 2 unspecified atom stereocenters. The number of amides is 1. The molecule has 4 aliphatic rings. The largest absolute Gasteiger partial charge is 0.449 e. The number of benzene rings is 1. The van der Waals surface area contributed by atoms with Gasteiger partial charge >= 0.3 is 5.97 Å². The zero-order valence-corrected chi connectivity index (χ0v) is 16.6. The van der Waals surface area contributed by atoms with Crippen molar-refractivity contribution >= 4 is 17.9 Å². The molecule has 152 valence electrons. The summed E-state index contributed by atoms with van der Waals surface area (Å²) >= 11 is 0. The number of rotatable bonds is 0. The van der Waals surface area contributed by atoms with Crippen molar-refractivity contribution in [2.75, 3.05) is 13.1 Å². The highest BCUT2D eigenvalue weighted by Crippen LogP contribution is 2.48. The van der Waals surface area contributed by atoms with Crippen molar-refractivity contribution in [2.24, 2.45) is 4.99 Å². The summed E-state index contributed by atoms with van der Waals surface area (Å²) in [4.78, 5) is 35.7. The normalized spacial score (nSPS) is 28.4. The molecule has 1 aromatic carbocycles. The van der Waals surface area contributed by atoms with Crippen LogP contribution in [0.3, 0.4) is 0 Å². The SMILES string of the molecule is CC1c2ccccc2CC12OC(N1CCC3(CC1)OC(=O)c1ncccc13)=NC2=O. The molecule has 0 N–H and O–H groups in total. The lowest BCUT2D eigenvalue weighted by Gasteiger charge is -2.39. The molecular weight excluding hydrogens is 382 g/mol. The number of ether oxygens (including phenoxy) is 2. The van der Waals surface area contributed by atoms with Crippen molar-refractivity contribution in [2.45, 2.75) is 43.3 Å². The number of fused-ring (bicyclic) bond motifs is 3. The first-order valence-electron chi connectivity index (χ1n) is 10.4. The topological polar surface area (TPSA) is 81.1 Å². The van der Waals surface area contributed by atoms with Crippen LogP contribution >= 0.6 is 0 Å². The van der Waals surface area contributed by atoms with E-state index in [1.807, 2.05) is 36.1 Å². The zero-order valence-electron chi connectivity index (χ0n) is 16.6. The van der Waals surface area contributed by atoms with Gasteiger partial charge in [-0.25, -0.2) is 9.78 Å². The number of aliphatic imine (C=N–C) groups is 1. The molecule has 7 nitrogen and oxygen atoms in total. The minimum atomic E-state index is -0.940. The lowest BCUT2D eigenvalue weighted by molar-refractivity contribution is -0.132. The zero-order chi connectivity index (χ0) is 20.5. The van der Waals surface area contributed by atoms with Crippen molar-refractivity contribution in [1.82, 2.24) is 9.88 Å². The van der Waals surface area contributed by atoms with Crippen LogP contribution in [-0.2, 0) is 26.3 Å². The van der Waals surface area contributed by atoms with Crippen LogP contribution < -0.4 is 0 Å². The van der Waals surface area contributed by atoms with Crippen molar-refractivity contribution < 1.29 is 19.1 Å². The van der Waals surface area contributed by atoms with Gasteiger partial charge in [0.2, 0.25) is 5.60 Å². The van der Waals surface area contributed by atoms with E-state index in [9.17, 15) is 9.59 Å². The van der Waals surface area contributed by atoms with Gasteiger partial charge in [0.05, 0.1) is 0 Å². The summed E-state index contributed by atoms with van der Waals surface area (Å²) in [6, 6.07) is 12.3. The molecule has 1 aromatic heterocycles. The monoisotopic (exact) mass is 403 g/mol. The highest BCUT2D eigenvalue weighted by molar-refractivity contribution is 6.03. The summed E-state index contributed by atoms with van der Waals surface area (Å²) in [7, 11) is 0. The summed E-state index contributed by atoms with van der Waals surface area (Å²) in [5.74, 6) is -0.615. The fourth-order valence-corrected chi connectivity index (χ4v) is 5.38. The number of carbonyl (C=O) groups is 2. The lowest BCUT2D eigenvalue weighted by atomic mass is 9.85. The van der Waals surface area contributed by atoms with E-state index in [1.165, 1.54) is 0 Å². The molecule has 2 aromatic rings. The van der Waals surface area contributed by atoms with E-state index >= 15 is 0 Å². The van der Waals surface area contributed by atoms with Crippen molar-refractivity contribution in [3.05, 3.63) is 65.0 Å². The third kappa shape index (κ3) is 2.20. The minimum absolute atomic E-state index is 0.0488. The molecule has 0 bridgehead atoms. The van der Waals surface area contributed by atoms with Crippen LogP contribution in [0.15, 0.2) is 47.6 Å². The van der Waals surface area contributed by atoms with Crippen LogP contribution in [0.1, 0.15) is 52.9 Å². The Balaban J connectivity index is 1.22. The van der Waals surface area contributed by atoms with Gasteiger partial charge in [-0.2, -0.15) is 4.99 Å². The Bertz CT molecular complexity index is 1120. The Morgan fingerprint density at radius 2 is 1.87 bits per heavy atom. The molecule has 2 spiro atoms. The number of aromatic nitrogens is 1. The van der Waals surface area contributed by atoms with Gasteiger partial charge in [-0.15, -0.1) is 0 Å². The fraction of sp³-hybridized carbons (Fsp3) is 0.391. The van der Waals surface area contributed by atoms with Crippen LogP contribution in [-0.4, -0.2) is 46.5 Å². The number of amidine groups is 1. The third-order valence-corrected chi connectivity index (χ3v) is 7.13. The number of likely N-dealkylation sites (tertiary alicyclic amines) is 1. The molecule has 4 heterocycles. The van der Waals surface area contributed by atoms with Gasteiger partial charge in [-0.1, -0.05) is 37.3 Å². The fourth-order valence-electron chi connectivity index (χ4n) is 5.38. The molecular formula is C23H21N3O4. The average molecular weight is 403 g/mol. The summed E-state index contributed by atoms with van der Waals surface area (Å²) in [5, 5.41) is 0. The molecule has 1 fully saturated rings. The Hall–Kier alpha value is -3.22. The van der Waals surface area contributed by atoms with Crippen LogP contribution in [0.4, 0.5) is 0 Å². The summed E-state index contributed by atoms with van der Waals surface area (Å²) in [6.45, 7) is 3.21. The minimum Gasteiger partial charge on any atom is -0.449 e. The Morgan fingerprint density at radius 1 is 1.07 bits per heavy atom. The number of hydrogen-bond acceptors (Lipinski definition) is 6. The third-order valence-electron chi connectivity index (χ3n) is 7.13. The van der Waals surface area contributed by atoms with Gasteiger partial charge in [-0.3, -0.25) is 4.79 Å². The second kappa shape index (κ2) is 5.90. The first kappa shape index (κ1) is 17.6. The van der Waals surface area contributed by atoms with Gasteiger partial charge in [0.1, 0.15) is 5.60 Å². The molecule has 3 aliphatic heterocycles. The van der Waals surface area contributed by atoms with Crippen molar-refractivity contribution in [3.63, 3.8) is 0 Å². The van der Waals surface area contributed by atoms with E-state index in [1.54, 1.807) is 6.20 Å². The molecule has 1 aliphatic carbocycles. The maximum atomic E-state index is 13.0.